The molecule has 0 unspecified atom stereocenters. The van der Waals surface area contributed by atoms with Gasteiger partial charge in [0.2, 0.25) is 0 Å². The highest BCUT2D eigenvalue weighted by molar-refractivity contribution is 5.94. The first-order chi connectivity index (χ1) is 12.8. The van der Waals surface area contributed by atoms with Crippen molar-refractivity contribution >= 4 is 17.2 Å². The zero-order valence-electron chi connectivity index (χ0n) is 14.4. The van der Waals surface area contributed by atoms with Gasteiger partial charge in [-0.05, 0) is 30.2 Å². The van der Waals surface area contributed by atoms with Crippen molar-refractivity contribution in [2.75, 3.05) is 5.73 Å². The number of aryl methyl sites for hydroxylation is 1. The molecular weight excluding hydrogens is 361 g/mol. The lowest BCUT2D eigenvalue weighted by molar-refractivity contribution is -0.274. The van der Waals surface area contributed by atoms with E-state index >= 15 is 0 Å². The Hall–Kier alpha value is -3.23. The molecule has 1 amide bonds. The molecule has 3 N–H and O–H groups in total. The fraction of sp³-hybridized carbons (Fsp3) is 0.222. The molecule has 2 aromatic heterocycles. The van der Waals surface area contributed by atoms with Gasteiger partial charge in [-0.15, -0.1) is 13.2 Å². The van der Waals surface area contributed by atoms with Crippen LogP contribution in [-0.4, -0.2) is 21.7 Å². The van der Waals surface area contributed by atoms with Crippen LogP contribution in [-0.2, 0) is 13.0 Å². The van der Waals surface area contributed by atoms with Crippen LogP contribution in [0.15, 0.2) is 42.6 Å². The summed E-state index contributed by atoms with van der Waals surface area (Å²) in [4.78, 5) is 17.0. The van der Waals surface area contributed by atoms with E-state index in [1.54, 1.807) is 22.7 Å². The summed E-state index contributed by atoms with van der Waals surface area (Å²) in [5.74, 6) is -0.648. The Kier molecular flexibility index (Phi) is 4.93. The summed E-state index contributed by atoms with van der Waals surface area (Å²) >= 11 is 0. The topological polar surface area (TPSA) is 81.6 Å². The number of nitrogens with zero attached hydrogens (tertiary/aromatic N) is 2. The van der Waals surface area contributed by atoms with Crippen molar-refractivity contribution in [1.82, 2.24) is 14.7 Å². The quantitative estimate of drug-likeness (QED) is 0.714. The highest BCUT2D eigenvalue weighted by Crippen LogP contribution is 2.23. The highest BCUT2D eigenvalue weighted by atomic mass is 19.4. The number of rotatable bonds is 5. The van der Waals surface area contributed by atoms with Gasteiger partial charge in [-0.25, -0.2) is 4.98 Å². The van der Waals surface area contributed by atoms with Crippen LogP contribution < -0.4 is 15.8 Å². The molecular formula is C18H17F3N4O2. The van der Waals surface area contributed by atoms with Gasteiger partial charge in [0.25, 0.3) is 5.91 Å². The van der Waals surface area contributed by atoms with Crippen LogP contribution >= 0.6 is 0 Å². The normalized spacial score (nSPS) is 11.6. The minimum Gasteiger partial charge on any atom is -0.406 e. The molecule has 0 spiro atoms. The first kappa shape index (κ1) is 18.6. The largest absolute Gasteiger partial charge is 0.573 e. The fourth-order valence-corrected chi connectivity index (χ4v) is 2.67. The number of aromatic nitrogens is 2. The molecule has 0 saturated heterocycles. The molecule has 0 aliphatic heterocycles. The predicted molar refractivity (Wildman–Crippen MR) is 93.3 cm³/mol. The van der Waals surface area contributed by atoms with Crippen LogP contribution in [0.2, 0.25) is 0 Å². The van der Waals surface area contributed by atoms with Crippen molar-refractivity contribution in [2.24, 2.45) is 0 Å². The number of amides is 1. The Morgan fingerprint density at radius 2 is 1.96 bits per heavy atom. The number of fused-ring (bicyclic) bond motifs is 1. The molecule has 142 valence electrons. The van der Waals surface area contributed by atoms with Gasteiger partial charge in [0, 0.05) is 24.5 Å². The van der Waals surface area contributed by atoms with E-state index in [2.05, 4.69) is 15.0 Å². The van der Waals surface area contributed by atoms with E-state index in [0.29, 0.717) is 34.7 Å². The van der Waals surface area contributed by atoms with Gasteiger partial charge in [0.05, 0.1) is 5.69 Å². The second-order valence-corrected chi connectivity index (χ2v) is 5.82. The number of carbonyl (C=O) groups excluding carboxylic acids is 1. The lowest BCUT2D eigenvalue weighted by Crippen LogP contribution is -2.25. The first-order valence-corrected chi connectivity index (χ1v) is 8.16. The molecule has 3 aromatic rings. The second kappa shape index (κ2) is 7.18. The number of benzene rings is 1. The van der Waals surface area contributed by atoms with Gasteiger partial charge in [0.1, 0.15) is 17.1 Å². The van der Waals surface area contributed by atoms with E-state index < -0.39 is 6.36 Å². The first-order valence-electron chi connectivity index (χ1n) is 8.16. The number of halogens is 3. The minimum atomic E-state index is -4.74. The van der Waals surface area contributed by atoms with E-state index in [0.717, 1.165) is 0 Å². The Bertz CT molecular complexity index is 965. The number of pyridine rings is 1. The van der Waals surface area contributed by atoms with Crippen LogP contribution in [0.25, 0.3) is 5.65 Å². The number of imidazole rings is 1. The third kappa shape index (κ3) is 4.30. The summed E-state index contributed by atoms with van der Waals surface area (Å²) < 4.78 is 42.0. The van der Waals surface area contributed by atoms with Gasteiger partial charge in [-0.3, -0.25) is 9.20 Å². The third-order valence-electron chi connectivity index (χ3n) is 3.88. The Balaban J connectivity index is 1.74. The summed E-state index contributed by atoms with van der Waals surface area (Å²) in [6, 6.07) is 8.65. The van der Waals surface area contributed by atoms with Gasteiger partial charge in [0.15, 0.2) is 0 Å². The lowest BCUT2D eigenvalue weighted by Gasteiger charge is -2.10. The lowest BCUT2D eigenvalue weighted by atomic mass is 10.2. The number of hydrogen-bond acceptors (Lipinski definition) is 4. The third-order valence-corrected chi connectivity index (χ3v) is 3.88. The minimum absolute atomic E-state index is 0.149. The maximum Gasteiger partial charge on any atom is 0.573 e. The average Bonchev–Trinajstić information content (AvgIpc) is 2.97. The number of ether oxygens (including phenoxy) is 1. The highest BCUT2D eigenvalue weighted by Gasteiger charge is 2.30. The second-order valence-electron chi connectivity index (χ2n) is 5.82. The van der Waals surface area contributed by atoms with Gasteiger partial charge >= 0.3 is 6.36 Å². The van der Waals surface area contributed by atoms with Crippen LogP contribution in [0, 0.1) is 0 Å². The van der Waals surface area contributed by atoms with E-state index in [1.165, 1.54) is 24.3 Å². The number of nitrogens with one attached hydrogen (secondary N) is 1. The Labute approximate surface area is 152 Å². The van der Waals surface area contributed by atoms with Crippen molar-refractivity contribution < 1.29 is 22.7 Å². The number of nitrogen functional groups attached to an aromatic ring is 1. The molecule has 0 aliphatic rings. The maximum atomic E-state index is 12.6. The maximum absolute atomic E-state index is 12.6. The van der Waals surface area contributed by atoms with Crippen LogP contribution in [0.5, 0.6) is 5.75 Å². The van der Waals surface area contributed by atoms with E-state index in [-0.39, 0.29) is 18.2 Å². The molecule has 2 heterocycles. The number of anilines is 1. The van der Waals surface area contributed by atoms with Crippen LogP contribution in [0.1, 0.15) is 28.7 Å². The monoisotopic (exact) mass is 378 g/mol. The molecule has 0 radical (unpaired) electrons. The predicted octanol–water partition coefficient (Wildman–Crippen LogP) is 3.31. The standard InChI is InChI=1S/C18H17F3N4O2/c1-2-14-16(25-8-7-12(22)9-15(25)24-14)17(26)23-10-11-3-5-13(6-4-11)27-18(19,20)21/h3-9H,2,10,22H2,1H3,(H,23,26). The molecule has 0 fully saturated rings. The molecule has 6 nitrogen and oxygen atoms in total. The average molecular weight is 378 g/mol. The zero-order valence-corrected chi connectivity index (χ0v) is 14.4. The van der Waals surface area contributed by atoms with Crippen LogP contribution in [0.4, 0.5) is 18.9 Å². The van der Waals surface area contributed by atoms with Gasteiger partial charge in [-0.2, -0.15) is 0 Å². The van der Waals surface area contributed by atoms with Crippen molar-refractivity contribution in [1.29, 1.82) is 0 Å². The molecule has 0 saturated carbocycles. The number of nitrogens with two attached hydrogens (primary N) is 1. The summed E-state index contributed by atoms with van der Waals surface area (Å²) in [5.41, 5.74) is 8.54. The Morgan fingerprint density at radius 3 is 2.59 bits per heavy atom. The SMILES string of the molecule is CCc1nc2cc(N)ccn2c1C(=O)NCc1ccc(OC(F)(F)F)cc1. The van der Waals surface area contributed by atoms with E-state index in [1.807, 2.05) is 6.92 Å². The number of carbonyl (C=O) groups is 1. The summed E-state index contributed by atoms with van der Waals surface area (Å²) in [6.07, 6.45) is -2.50. The molecule has 0 atom stereocenters. The van der Waals surface area contributed by atoms with E-state index in [9.17, 15) is 18.0 Å². The molecule has 0 bridgehead atoms. The zero-order chi connectivity index (χ0) is 19.6. The van der Waals surface area contributed by atoms with Gasteiger partial charge < -0.3 is 15.8 Å². The number of hydrogen-bond donors (Lipinski definition) is 2. The molecule has 0 aliphatic carbocycles. The smallest absolute Gasteiger partial charge is 0.406 e. The van der Waals surface area contributed by atoms with Crippen LogP contribution in [0.3, 0.4) is 0 Å². The number of alkyl halides is 3. The molecule has 9 heteroatoms. The Morgan fingerprint density at radius 1 is 1.26 bits per heavy atom. The molecule has 3 rings (SSSR count). The summed E-state index contributed by atoms with van der Waals surface area (Å²) in [6.45, 7) is 2.04. The molecule has 1 aromatic carbocycles. The van der Waals surface area contributed by atoms with E-state index in [4.69, 9.17) is 5.73 Å². The summed E-state index contributed by atoms with van der Waals surface area (Å²) in [7, 11) is 0. The van der Waals surface area contributed by atoms with Crippen molar-refractivity contribution in [3.05, 3.63) is 59.5 Å². The fourth-order valence-electron chi connectivity index (χ4n) is 2.67. The van der Waals surface area contributed by atoms with Crippen molar-refractivity contribution in [2.45, 2.75) is 26.3 Å². The van der Waals surface area contributed by atoms with Gasteiger partial charge in [-0.1, -0.05) is 19.1 Å². The molecule has 27 heavy (non-hydrogen) atoms. The summed E-state index contributed by atoms with van der Waals surface area (Å²) in [5, 5.41) is 2.76. The van der Waals surface area contributed by atoms with Crippen molar-refractivity contribution in [3.8, 4) is 5.75 Å². The van der Waals surface area contributed by atoms with Crippen molar-refractivity contribution in [3.63, 3.8) is 0 Å².